The van der Waals surface area contributed by atoms with Crippen LogP contribution in [0, 0.1) is 0 Å². The molecule has 0 radical (unpaired) electrons. The molecule has 0 spiro atoms. The highest BCUT2D eigenvalue weighted by molar-refractivity contribution is 5.98. The molecule has 1 aliphatic heterocycles. The van der Waals surface area contributed by atoms with Crippen molar-refractivity contribution in [2.45, 2.75) is 25.3 Å². The Bertz CT molecular complexity index is 661. The molecule has 1 atom stereocenters. The molecule has 2 rings (SSSR count). The number of hydrogen-bond acceptors (Lipinski definition) is 6. The van der Waals surface area contributed by atoms with E-state index in [4.69, 9.17) is 4.74 Å². The number of carbonyl (C=O) groups is 4. The van der Waals surface area contributed by atoms with Crippen molar-refractivity contribution in [2.75, 3.05) is 26.8 Å². The van der Waals surface area contributed by atoms with Gasteiger partial charge >= 0.3 is 11.9 Å². The molecule has 1 N–H and O–H groups in total. The van der Waals surface area contributed by atoms with E-state index in [1.54, 1.807) is 0 Å². The lowest BCUT2D eigenvalue weighted by atomic mass is 10.1. The highest BCUT2D eigenvalue weighted by atomic mass is 16.5. The molecule has 1 aromatic rings. The topological polar surface area (TPSA) is 102 Å². The smallest absolute Gasteiger partial charge is 0.315 e. The standard InChI is InChI=1S/C18H22N2O6/c1-25-16(22)12-15(21)20-9-8-19-18(24)14(20)11-17(23)26-10-7-13-5-3-2-4-6-13/h2-6,14H,7-12H2,1H3,(H,19,24). The van der Waals surface area contributed by atoms with Gasteiger partial charge in [0.05, 0.1) is 20.1 Å². The van der Waals surface area contributed by atoms with Crippen LogP contribution in [-0.2, 0) is 35.1 Å². The molecule has 1 saturated heterocycles. The Morgan fingerprint density at radius 3 is 2.62 bits per heavy atom. The molecule has 1 fully saturated rings. The van der Waals surface area contributed by atoms with E-state index in [1.165, 1.54) is 12.0 Å². The number of piperazine rings is 1. The van der Waals surface area contributed by atoms with Crippen LogP contribution in [0.25, 0.3) is 0 Å². The average Bonchev–Trinajstić information content (AvgIpc) is 2.64. The molecule has 1 aromatic carbocycles. The molecule has 0 aliphatic carbocycles. The Hall–Kier alpha value is -2.90. The minimum absolute atomic E-state index is 0.188. The number of hydrogen-bond donors (Lipinski definition) is 1. The number of amides is 2. The van der Waals surface area contributed by atoms with Gasteiger partial charge in [-0.25, -0.2) is 0 Å². The van der Waals surface area contributed by atoms with Gasteiger partial charge in [-0.05, 0) is 5.56 Å². The van der Waals surface area contributed by atoms with E-state index in [0.29, 0.717) is 6.42 Å². The molecule has 8 heteroatoms. The Balaban J connectivity index is 1.88. The summed E-state index contributed by atoms with van der Waals surface area (Å²) in [4.78, 5) is 48.8. The van der Waals surface area contributed by atoms with E-state index in [9.17, 15) is 19.2 Å². The first kappa shape index (κ1) is 19.4. The van der Waals surface area contributed by atoms with E-state index in [1.807, 2.05) is 30.3 Å². The lowest BCUT2D eigenvalue weighted by molar-refractivity contribution is -0.154. The molecule has 2 amide bonds. The maximum absolute atomic E-state index is 12.2. The lowest BCUT2D eigenvalue weighted by Crippen LogP contribution is -2.58. The van der Waals surface area contributed by atoms with Crippen LogP contribution in [0.1, 0.15) is 18.4 Å². The average molecular weight is 362 g/mol. The van der Waals surface area contributed by atoms with Crippen LogP contribution in [0.3, 0.4) is 0 Å². The van der Waals surface area contributed by atoms with Crippen molar-refractivity contribution in [2.24, 2.45) is 0 Å². The number of methoxy groups -OCH3 is 1. The summed E-state index contributed by atoms with van der Waals surface area (Å²) in [6, 6.07) is 8.57. The number of rotatable bonds is 7. The van der Waals surface area contributed by atoms with Crippen LogP contribution in [0.2, 0.25) is 0 Å². The van der Waals surface area contributed by atoms with Gasteiger partial charge in [0.25, 0.3) is 0 Å². The maximum Gasteiger partial charge on any atom is 0.315 e. The van der Waals surface area contributed by atoms with Crippen LogP contribution >= 0.6 is 0 Å². The summed E-state index contributed by atoms with van der Waals surface area (Å²) in [6.45, 7) is 0.683. The first-order valence-corrected chi connectivity index (χ1v) is 8.35. The lowest BCUT2D eigenvalue weighted by Gasteiger charge is -2.34. The first-order chi connectivity index (χ1) is 12.5. The molecule has 140 valence electrons. The molecular weight excluding hydrogens is 340 g/mol. The van der Waals surface area contributed by atoms with E-state index in [2.05, 4.69) is 10.1 Å². The fourth-order valence-corrected chi connectivity index (χ4v) is 2.66. The van der Waals surface area contributed by atoms with Gasteiger partial charge in [0.15, 0.2) is 0 Å². The predicted octanol–water partition coefficient (Wildman–Crippen LogP) is 0.0525. The van der Waals surface area contributed by atoms with Crippen molar-refractivity contribution in [1.82, 2.24) is 10.2 Å². The van der Waals surface area contributed by atoms with Gasteiger partial charge in [0.2, 0.25) is 11.8 Å². The second kappa shape index (κ2) is 9.55. The zero-order valence-electron chi connectivity index (χ0n) is 14.6. The second-order valence-electron chi connectivity index (χ2n) is 5.81. The van der Waals surface area contributed by atoms with Crippen molar-refractivity contribution in [3.63, 3.8) is 0 Å². The van der Waals surface area contributed by atoms with Gasteiger partial charge in [-0.15, -0.1) is 0 Å². The number of nitrogens with zero attached hydrogens (tertiary/aromatic N) is 1. The summed E-state index contributed by atoms with van der Waals surface area (Å²) >= 11 is 0. The van der Waals surface area contributed by atoms with E-state index in [0.717, 1.165) is 5.56 Å². The number of benzene rings is 1. The number of carbonyl (C=O) groups excluding carboxylic acids is 4. The third kappa shape index (κ3) is 5.58. The summed E-state index contributed by atoms with van der Waals surface area (Å²) in [5.41, 5.74) is 1.03. The number of nitrogens with one attached hydrogen (secondary N) is 1. The highest BCUT2D eigenvalue weighted by Gasteiger charge is 2.35. The SMILES string of the molecule is COC(=O)CC(=O)N1CCNC(=O)C1CC(=O)OCCc1ccccc1. The molecule has 1 aliphatic rings. The fourth-order valence-electron chi connectivity index (χ4n) is 2.66. The van der Waals surface area contributed by atoms with Gasteiger partial charge in [-0.1, -0.05) is 30.3 Å². The third-order valence-corrected chi connectivity index (χ3v) is 4.03. The third-order valence-electron chi connectivity index (χ3n) is 4.03. The van der Waals surface area contributed by atoms with E-state index < -0.39 is 36.2 Å². The van der Waals surface area contributed by atoms with Crippen molar-refractivity contribution in [3.05, 3.63) is 35.9 Å². The van der Waals surface area contributed by atoms with E-state index >= 15 is 0 Å². The highest BCUT2D eigenvalue weighted by Crippen LogP contribution is 2.12. The zero-order chi connectivity index (χ0) is 18.9. The number of esters is 2. The Kier molecular flexibility index (Phi) is 7.13. The molecular formula is C18H22N2O6. The van der Waals surface area contributed by atoms with Crippen molar-refractivity contribution in [3.8, 4) is 0 Å². The first-order valence-electron chi connectivity index (χ1n) is 8.35. The van der Waals surface area contributed by atoms with Crippen LogP contribution in [-0.4, -0.2) is 61.5 Å². The van der Waals surface area contributed by atoms with Gasteiger partial charge in [-0.3, -0.25) is 19.2 Å². The normalized spacial score (nSPS) is 16.6. The molecule has 0 saturated carbocycles. The maximum atomic E-state index is 12.2. The largest absolute Gasteiger partial charge is 0.469 e. The monoisotopic (exact) mass is 362 g/mol. The molecule has 26 heavy (non-hydrogen) atoms. The Labute approximate surface area is 151 Å². The summed E-state index contributed by atoms with van der Waals surface area (Å²) in [5.74, 6) is -2.24. The van der Waals surface area contributed by atoms with Crippen molar-refractivity contribution in [1.29, 1.82) is 0 Å². The molecule has 1 heterocycles. The minimum Gasteiger partial charge on any atom is -0.469 e. The van der Waals surface area contributed by atoms with Gasteiger partial charge in [0, 0.05) is 19.5 Å². The van der Waals surface area contributed by atoms with Crippen molar-refractivity contribution < 1.29 is 28.7 Å². The van der Waals surface area contributed by atoms with Crippen LogP contribution < -0.4 is 5.32 Å². The molecule has 8 nitrogen and oxygen atoms in total. The summed E-state index contributed by atoms with van der Waals surface area (Å²) in [7, 11) is 1.18. The number of ether oxygens (including phenoxy) is 2. The van der Waals surface area contributed by atoms with Crippen LogP contribution in [0.15, 0.2) is 30.3 Å². The van der Waals surface area contributed by atoms with Crippen molar-refractivity contribution >= 4 is 23.8 Å². The fraction of sp³-hybridized carbons (Fsp3) is 0.444. The summed E-state index contributed by atoms with van der Waals surface area (Å²) in [5, 5.41) is 2.61. The Morgan fingerprint density at radius 1 is 1.19 bits per heavy atom. The summed E-state index contributed by atoms with van der Waals surface area (Å²) < 4.78 is 9.65. The van der Waals surface area contributed by atoms with E-state index in [-0.39, 0.29) is 26.1 Å². The molecule has 0 bridgehead atoms. The van der Waals surface area contributed by atoms with Gasteiger partial charge in [-0.2, -0.15) is 0 Å². The van der Waals surface area contributed by atoms with Crippen LogP contribution in [0.4, 0.5) is 0 Å². The van der Waals surface area contributed by atoms with Crippen LogP contribution in [0.5, 0.6) is 0 Å². The quantitative estimate of drug-likeness (QED) is 0.543. The van der Waals surface area contributed by atoms with Gasteiger partial charge < -0.3 is 19.7 Å². The Morgan fingerprint density at radius 2 is 1.92 bits per heavy atom. The molecule has 0 aromatic heterocycles. The second-order valence-corrected chi connectivity index (χ2v) is 5.81. The minimum atomic E-state index is -0.981. The zero-order valence-corrected chi connectivity index (χ0v) is 14.6. The van der Waals surface area contributed by atoms with Gasteiger partial charge in [0.1, 0.15) is 12.5 Å². The summed E-state index contributed by atoms with van der Waals surface area (Å²) in [6.07, 6.45) is -0.161. The predicted molar refractivity (Wildman–Crippen MR) is 90.9 cm³/mol. The molecule has 1 unspecified atom stereocenters.